The fraction of sp³-hybridized carbons (Fsp3) is 0.160. The van der Waals surface area contributed by atoms with Crippen molar-refractivity contribution in [2.24, 2.45) is 0 Å². The summed E-state index contributed by atoms with van der Waals surface area (Å²) in [5.41, 5.74) is 1.44. The van der Waals surface area contributed by atoms with Crippen LogP contribution in [0, 0.1) is 17.6 Å². The molecule has 0 bridgehead atoms. The van der Waals surface area contributed by atoms with Crippen LogP contribution in [-0.2, 0) is 0 Å². The number of hydrogen-bond donors (Lipinski definition) is 0. The highest BCUT2D eigenvalue weighted by atomic mass is 32.2. The fourth-order valence-corrected chi connectivity index (χ4v) is 3.20. The van der Waals surface area contributed by atoms with Crippen molar-refractivity contribution in [1.29, 1.82) is 5.26 Å². The van der Waals surface area contributed by atoms with E-state index < -0.39 is 11.9 Å². The third kappa shape index (κ3) is 6.13. The van der Waals surface area contributed by atoms with Crippen LogP contribution in [0.1, 0.15) is 39.6 Å². The summed E-state index contributed by atoms with van der Waals surface area (Å²) in [6.07, 6.45) is 0.910. The van der Waals surface area contributed by atoms with Crippen molar-refractivity contribution >= 4 is 23.7 Å². The van der Waals surface area contributed by atoms with Crippen molar-refractivity contribution in [2.45, 2.75) is 25.2 Å². The Morgan fingerprint density at radius 2 is 1.38 bits per heavy atom. The molecule has 0 unspecified atom stereocenters. The topological polar surface area (TPSA) is 85.6 Å². The number of nitrogens with zero attached hydrogens (tertiary/aromatic N) is 1. The second-order valence-corrected chi connectivity index (χ2v) is 7.62. The van der Waals surface area contributed by atoms with Crippen LogP contribution in [0.15, 0.2) is 71.6 Å². The summed E-state index contributed by atoms with van der Waals surface area (Å²) in [6.45, 7) is 4.48. The second kappa shape index (κ2) is 11.0. The smallest absolute Gasteiger partial charge is 0.343 e. The van der Waals surface area contributed by atoms with Crippen LogP contribution < -0.4 is 14.2 Å². The molecule has 0 amide bonds. The normalized spacial score (nSPS) is 10.2. The maximum absolute atomic E-state index is 12.4. The van der Waals surface area contributed by atoms with Crippen molar-refractivity contribution in [3.63, 3.8) is 0 Å². The molecule has 0 aliphatic carbocycles. The van der Waals surface area contributed by atoms with Gasteiger partial charge in [0, 0.05) is 4.90 Å². The van der Waals surface area contributed by atoms with Crippen LogP contribution in [-0.4, -0.2) is 18.5 Å². The first-order valence-corrected chi connectivity index (χ1v) is 10.8. The maximum Gasteiger partial charge on any atom is 0.343 e. The Kier molecular flexibility index (Phi) is 7.90. The van der Waals surface area contributed by atoms with Gasteiger partial charge in [-0.15, -0.1) is 0 Å². The molecule has 0 aromatic heterocycles. The average Bonchev–Trinajstić information content (AvgIpc) is 2.80. The molecule has 7 heteroatoms. The summed E-state index contributed by atoms with van der Waals surface area (Å²) in [5, 5.41) is 10.8. The number of benzene rings is 3. The van der Waals surface area contributed by atoms with Gasteiger partial charge in [0.2, 0.25) is 0 Å². The van der Waals surface area contributed by atoms with Gasteiger partial charge in [0.1, 0.15) is 22.6 Å². The minimum absolute atomic E-state index is 0.298. The predicted octanol–water partition coefficient (Wildman–Crippen LogP) is 5.80. The van der Waals surface area contributed by atoms with Gasteiger partial charge in [-0.05, 0) is 97.4 Å². The van der Waals surface area contributed by atoms with Crippen molar-refractivity contribution in [3.05, 3.63) is 83.4 Å². The minimum Gasteiger partial charge on any atom is -0.494 e. The standard InChI is InChI=1S/C25H21NO5S/c1-3-14-29-20-8-10-21(11-9-20)30-24(27)18-4-6-19(7-5-18)25(28)31-22-12-13-23(32-16-26)17(2)15-22/h4-13,15H,3,14H2,1-2H3. The van der Waals surface area contributed by atoms with E-state index in [0.29, 0.717) is 35.0 Å². The van der Waals surface area contributed by atoms with Gasteiger partial charge in [0.25, 0.3) is 0 Å². The number of carbonyl (C=O) groups excluding carboxylic acids is 2. The molecule has 3 rings (SSSR count). The van der Waals surface area contributed by atoms with Gasteiger partial charge in [0.15, 0.2) is 0 Å². The second-order valence-electron chi connectivity index (χ2n) is 6.80. The molecule has 0 radical (unpaired) electrons. The molecule has 0 N–H and O–H groups in total. The highest BCUT2D eigenvalue weighted by Crippen LogP contribution is 2.26. The zero-order valence-electron chi connectivity index (χ0n) is 17.7. The van der Waals surface area contributed by atoms with E-state index in [9.17, 15) is 9.59 Å². The SMILES string of the molecule is CCCOc1ccc(OC(=O)c2ccc(C(=O)Oc3ccc(SC#N)c(C)c3)cc2)cc1. The Hall–Kier alpha value is -3.76. The van der Waals surface area contributed by atoms with E-state index in [4.69, 9.17) is 19.5 Å². The third-order valence-corrected chi connectivity index (χ3v) is 5.15. The lowest BCUT2D eigenvalue weighted by atomic mass is 10.1. The predicted molar refractivity (Wildman–Crippen MR) is 121 cm³/mol. The molecule has 0 saturated carbocycles. The van der Waals surface area contributed by atoms with Gasteiger partial charge in [-0.3, -0.25) is 0 Å². The van der Waals surface area contributed by atoms with Crippen LogP contribution >= 0.6 is 11.8 Å². The molecule has 0 spiro atoms. The summed E-state index contributed by atoms with van der Waals surface area (Å²) >= 11 is 1.05. The first-order valence-electron chi connectivity index (χ1n) is 9.94. The molecule has 162 valence electrons. The van der Waals surface area contributed by atoms with E-state index in [1.54, 1.807) is 42.5 Å². The Labute approximate surface area is 190 Å². The number of carbonyl (C=O) groups is 2. The molecule has 0 aliphatic rings. The van der Waals surface area contributed by atoms with Gasteiger partial charge in [0.05, 0.1) is 17.7 Å². The number of thiocyanates is 1. The molecular weight excluding hydrogens is 426 g/mol. The fourth-order valence-electron chi connectivity index (χ4n) is 2.75. The molecule has 0 saturated heterocycles. The summed E-state index contributed by atoms with van der Waals surface area (Å²) in [6, 6.07) is 17.9. The first kappa shape index (κ1) is 22.9. The van der Waals surface area contributed by atoms with Crippen molar-refractivity contribution < 1.29 is 23.8 Å². The molecule has 32 heavy (non-hydrogen) atoms. The van der Waals surface area contributed by atoms with E-state index in [2.05, 4.69) is 0 Å². The lowest BCUT2D eigenvalue weighted by molar-refractivity contribution is 0.0720. The zero-order chi connectivity index (χ0) is 22.9. The number of esters is 2. The van der Waals surface area contributed by atoms with Crippen LogP contribution in [0.5, 0.6) is 17.2 Å². The van der Waals surface area contributed by atoms with Crippen LogP contribution in [0.25, 0.3) is 0 Å². The summed E-state index contributed by atoms with van der Waals surface area (Å²) in [4.78, 5) is 25.6. The van der Waals surface area contributed by atoms with E-state index >= 15 is 0 Å². The van der Waals surface area contributed by atoms with E-state index in [1.807, 2.05) is 19.2 Å². The summed E-state index contributed by atoms with van der Waals surface area (Å²) in [5.74, 6) is 0.407. The average molecular weight is 448 g/mol. The third-order valence-electron chi connectivity index (χ3n) is 4.38. The number of aryl methyl sites for hydroxylation is 1. The highest BCUT2D eigenvalue weighted by molar-refractivity contribution is 8.03. The Morgan fingerprint density at radius 3 is 1.91 bits per heavy atom. The van der Waals surface area contributed by atoms with Gasteiger partial charge in [-0.25, -0.2) is 9.59 Å². The van der Waals surface area contributed by atoms with Crippen molar-refractivity contribution in [1.82, 2.24) is 0 Å². The monoisotopic (exact) mass is 447 g/mol. The first-order chi connectivity index (χ1) is 15.5. The number of thioether (sulfide) groups is 1. The number of nitriles is 1. The molecule has 3 aromatic rings. The molecule has 6 nitrogen and oxygen atoms in total. The minimum atomic E-state index is -0.548. The van der Waals surface area contributed by atoms with Crippen LogP contribution in [0.4, 0.5) is 0 Å². The highest BCUT2D eigenvalue weighted by Gasteiger charge is 2.13. The molecular formula is C25H21NO5S. The van der Waals surface area contributed by atoms with Gasteiger partial charge < -0.3 is 14.2 Å². The lowest BCUT2D eigenvalue weighted by Crippen LogP contribution is -2.11. The molecule has 0 atom stereocenters. The van der Waals surface area contributed by atoms with E-state index in [0.717, 1.165) is 28.6 Å². The van der Waals surface area contributed by atoms with Gasteiger partial charge in [-0.1, -0.05) is 6.92 Å². The molecule has 0 heterocycles. The lowest BCUT2D eigenvalue weighted by Gasteiger charge is -2.08. The Bertz CT molecular complexity index is 1130. The zero-order valence-corrected chi connectivity index (χ0v) is 18.5. The number of rotatable bonds is 8. The molecule has 0 fully saturated rings. The van der Waals surface area contributed by atoms with Crippen LogP contribution in [0.3, 0.4) is 0 Å². The Balaban J connectivity index is 1.60. The van der Waals surface area contributed by atoms with Crippen molar-refractivity contribution in [3.8, 4) is 22.6 Å². The van der Waals surface area contributed by atoms with Crippen molar-refractivity contribution in [2.75, 3.05) is 6.61 Å². The Morgan fingerprint density at radius 1 is 0.844 bits per heavy atom. The van der Waals surface area contributed by atoms with E-state index in [1.165, 1.54) is 24.3 Å². The van der Waals surface area contributed by atoms with Gasteiger partial charge >= 0.3 is 11.9 Å². The molecule has 0 aliphatic heterocycles. The number of hydrogen-bond acceptors (Lipinski definition) is 7. The number of ether oxygens (including phenoxy) is 3. The summed E-state index contributed by atoms with van der Waals surface area (Å²) in [7, 11) is 0. The largest absolute Gasteiger partial charge is 0.494 e. The quantitative estimate of drug-likeness (QED) is 0.187. The maximum atomic E-state index is 12.4. The van der Waals surface area contributed by atoms with E-state index in [-0.39, 0.29) is 0 Å². The molecule has 3 aromatic carbocycles. The summed E-state index contributed by atoms with van der Waals surface area (Å²) < 4.78 is 16.3. The van der Waals surface area contributed by atoms with Crippen LogP contribution in [0.2, 0.25) is 0 Å². The van der Waals surface area contributed by atoms with Gasteiger partial charge in [-0.2, -0.15) is 5.26 Å².